The van der Waals surface area contributed by atoms with E-state index in [-0.39, 0.29) is 30.3 Å². The van der Waals surface area contributed by atoms with Gasteiger partial charge in [-0.2, -0.15) is 0 Å². The SMILES string of the molecule is CC(=O)NCCN1C(=O)N(C)C2NC(=O)NC21. The highest BCUT2D eigenvalue weighted by Crippen LogP contribution is 2.20. The van der Waals surface area contributed by atoms with Gasteiger partial charge in [0.1, 0.15) is 12.3 Å². The average Bonchev–Trinajstić information content (AvgIpc) is 2.71. The summed E-state index contributed by atoms with van der Waals surface area (Å²) >= 11 is 0. The number of hydrogen-bond acceptors (Lipinski definition) is 3. The van der Waals surface area contributed by atoms with Gasteiger partial charge in [-0.15, -0.1) is 0 Å². The number of nitrogens with one attached hydrogen (secondary N) is 3. The van der Waals surface area contributed by atoms with Gasteiger partial charge in [0, 0.05) is 27.1 Å². The van der Waals surface area contributed by atoms with Crippen LogP contribution in [0.15, 0.2) is 0 Å². The summed E-state index contributed by atoms with van der Waals surface area (Å²) in [7, 11) is 1.63. The number of nitrogens with zero attached hydrogens (tertiary/aromatic N) is 2. The first-order valence-electron chi connectivity index (χ1n) is 5.35. The summed E-state index contributed by atoms with van der Waals surface area (Å²) in [5.41, 5.74) is 0. The fraction of sp³-hybridized carbons (Fsp3) is 0.667. The molecule has 0 aromatic rings. The fourth-order valence-electron chi connectivity index (χ4n) is 2.05. The molecule has 8 nitrogen and oxygen atoms in total. The Morgan fingerprint density at radius 2 is 2.00 bits per heavy atom. The van der Waals surface area contributed by atoms with Gasteiger partial charge in [-0.1, -0.05) is 0 Å². The Morgan fingerprint density at radius 3 is 2.65 bits per heavy atom. The van der Waals surface area contributed by atoms with E-state index in [0.29, 0.717) is 13.1 Å². The molecule has 0 radical (unpaired) electrons. The Balaban J connectivity index is 1.98. The highest BCUT2D eigenvalue weighted by molar-refractivity contribution is 5.84. The molecular weight excluding hydrogens is 226 g/mol. The van der Waals surface area contributed by atoms with Crippen LogP contribution in [0.2, 0.25) is 0 Å². The Hall–Kier alpha value is -1.99. The van der Waals surface area contributed by atoms with Gasteiger partial charge in [-0.05, 0) is 0 Å². The summed E-state index contributed by atoms with van der Waals surface area (Å²) in [5, 5.41) is 7.93. The van der Waals surface area contributed by atoms with Crippen LogP contribution in [0.1, 0.15) is 6.92 Å². The van der Waals surface area contributed by atoms with Crippen LogP contribution < -0.4 is 16.0 Å². The monoisotopic (exact) mass is 241 g/mol. The van der Waals surface area contributed by atoms with Crippen LogP contribution in [-0.4, -0.2) is 60.2 Å². The topological polar surface area (TPSA) is 93.8 Å². The predicted octanol–water partition coefficient (Wildman–Crippen LogP) is -1.55. The van der Waals surface area contributed by atoms with Crippen LogP contribution in [0.3, 0.4) is 0 Å². The minimum atomic E-state index is -0.367. The molecule has 2 heterocycles. The van der Waals surface area contributed by atoms with Crippen molar-refractivity contribution < 1.29 is 14.4 Å². The molecule has 2 aliphatic heterocycles. The number of carbonyl (C=O) groups is 3. The molecule has 2 atom stereocenters. The van der Waals surface area contributed by atoms with E-state index >= 15 is 0 Å². The lowest BCUT2D eigenvalue weighted by Gasteiger charge is -2.21. The Kier molecular flexibility index (Phi) is 2.78. The molecular formula is C9H15N5O3. The van der Waals surface area contributed by atoms with E-state index < -0.39 is 0 Å². The maximum atomic E-state index is 11.8. The first-order chi connectivity index (χ1) is 8.00. The summed E-state index contributed by atoms with van der Waals surface area (Å²) in [6, 6.07) is -0.457. The standard InChI is InChI=1S/C9H15N5O3/c1-5(15)10-3-4-14-7-6(11-8(16)12-7)13(2)9(14)17/h6-7H,3-4H2,1-2H3,(H,10,15)(H2,11,12,16). The number of fused-ring (bicyclic) bond motifs is 1. The summed E-state index contributed by atoms with van der Waals surface area (Å²) in [5.74, 6) is -0.143. The molecule has 2 fully saturated rings. The van der Waals surface area contributed by atoms with Crippen molar-refractivity contribution in [2.75, 3.05) is 20.1 Å². The van der Waals surface area contributed by atoms with E-state index in [1.54, 1.807) is 7.05 Å². The molecule has 0 bridgehead atoms. The lowest BCUT2D eigenvalue weighted by atomic mass is 10.4. The third-order valence-electron chi connectivity index (χ3n) is 2.88. The number of amides is 5. The highest BCUT2D eigenvalue weighted by atomic mass is 16.2. The molecule has 0 aromatic heterocycles. The molecule has 2 saturated heterocycles. The summed E-state index contributed by atoms with van der Waals surface area (Å²) in [6.07, 6.45) is -0.707. The van der Waals surface area contributed by atoms with Crippen molar-refractivity contribution >= 4 is 18.0 Å². The van der Waals surface area contributed by atoms with Crippen LogP contribution in [0.4, 0.5) is 9.59 Å². The Morgan fingerprint density at radius 1 is 1.35 bits per heavy atom. The van der Waals surface area contributed by atoms with Gasteiger partial charge in [0.2, 0.25) is 5.91 Å². The molecule has 2 rings (SSSR count). The Bertz CT molecular complexity index is 372. The van der Waals surface area contributed by atoms with Crippen molar-refractivity contribution in [1.82, 2.24) is 25.8 Å². The molecule has 3 N–H and O–H groups in total. The number of urea groups is 2. The summed E-state index contributed by atoms with van der Waals surface area (Å²) in [4.78, 5) is 36.8. The number of rotatable bonds is 3. The van der Waals surface area contributed by atoms with Crippen molar-refractivity contribution in [3.05, 3.63) is 0 Å². The van der Waals surface area contributed by atoms with Crippen molar-refractivity contribution in [3.63, 3.8) is 0 Å². The van der Waals surface area contributed by atoms with Crippen LogP contribution in [0.25, 0.3) is 0 Å². The van der Waals surface area contributed by atoms with Crippen LogP contribution in [-0.2, 0) is 4.79 Å². The van der Waals surface area contributed by atoms with Gasteiger partial charge in [-0.25, -0.2) is 9.59 Å². The zero-order valence-corrected chi connectivity index (χ0v) is 9.69. The number of likely N-dealkylation sites (N-methyl/N-ethyl adjacent to an activating group) is 1. The van der Waals surface area contributed by atoms with E-state index in [4.69, 9.17) is 0 Å². The quantitative estimate of drug-likeness (QED) is 0.558. The van der Waals surface area contributed by atoms with Crippen LogP contribution >= 0.6 is 0 Å². The van der Waals surface area contributed by atoms with Gasteiger partial charge in [0.25, 0.3) is 0 Å². The van der Waals surface area contributed by atoms with Gasteiger partial charge in [-0.3, -0.25) is 9.69 Å². The first kappa shape index (κ1) is 11.5. The second-order valence-corrected chi connectivity index (χ2v) is 4.08. The zero-order chi connectivity index (χ0) is 12.6. The van der Waals surface area contributed by atoms with Gasteiger partial charge >= 0.3 is 12.1 Å². The Labute approximate surface area is 98.3 Å². The molecule has 2 aliphatic rings. The van der Waals surface area contributed by atoms with E-state index in [2.05, 4.69) is 16.0 Å². The lowest BCUT2D eigenvalue weighted by Crippen LogP contribution is -2.46. The number of hydrogen-bond donors (Lipinski definition) is 3. The molecule has 2 unspecified atom stereocenters. The van der Waals surface area contributed by atoms with Crippen molar-refractivity contribution in [1.29, 1.82) is 0 Å². The summed E-state index contributed by atoms with van der Waals surface area (Å²) < 4.78 is 0. The third kappa shape index (κ3) is 1.97. The molecule has 17 heavy (non-hydrogen) atoms. The van der Waals surface area contributed by atoms with Crippen molar-refractivity contribution in [2.45, 2.75) is 19.3 Å². The van der Waals surface area contributed by atoms with Gasteiger partial charge < -0.3 is 20.9 Å². The van der Waals surface area contributed by atoms with Crippen molar-refractivity contribution in [3.8, 4) is 0 Å². The third-order valence-corrected chi connectivity index (χ3v) is 2.88. The minimum Gasteiger partial charge on any atom is -0.355 e. The second-order valence-electron chi connectivity index (χ2n) is 4.08. The largest absolute Gasteiger partial charge is 0.355 e. The molecule has 94 valence electrons. The smallest absolute Gasteiger partial charge is 0.323 e. The maximum absolute atomic E-state index is 11.8. The molecule has 0 aliphatic carbocycles. The predicted molar refractivity (Wildman–Crippen MR) is 57.8 cm³/mol. The van der Waals surface area contributed by atoms with E-state index in [1.807, 2.05) is 0 Å². The minimum absolute atomic E-state index is 0.143. The van der Waals surface area contributed by atoms with Crippen LogP contribution in [0, 0.1) is 0 Å². The van der Waals surface area contributed by atoms with Crippen LogP contribution in [0.5, 0.6) is 0 Å². The van der Waals surface area contributed by atoms with E-state index in [1.165, 1.54) is 16.7 Å². The lowest BCUT2D eigenvalue weighted by molar-refractivity contribution is -0.119. The number of carbonyl (C=O) groups excluding carboxylic acids is 3. The maximum Gasteiger partial charge on any atom is 0.323 e. The van der Waals surface area contributed by atoms with E-state index in [0.717, 1.165) is 0 Å². The highest BCUT2D eigenvalue weighted by Gasteiger charge is 2.48. The average molecular weight is 241 g/mol. The van der Waals surface area contributed by atoms with Gasteiger partial charge in [0.15, 0.2) is 0 Å². The molecule has 0 spiro atoms. The molecule has 8 heteroatoms. The van der Waals surface area contributed by atoms with Crippen molar-refractivity contribution in [2.24, 2.45) is 0 Å². The zero-order valence-electron chi connectivity index (χ0n) is 9.69. The molecule has 0 aromatic carbocycles. The molecule has 5 amide bonds. The van der Waals surface area contributed by atoms with Gasteiger partial charge in [0.05, 0.1) is 0 Å². The first-order valence-corrected chi connectivity index (χ1v) is 5.35. The fourth-order valence-corrected chi connectivity index (χ4v) is 2.05. The summed E-state index contributed by atoms with van der Waals surface area (Å²) in [6.45, 7) is 2.15. The normalized spacial score (nSPS) is 26.7. The second kappa shape index (κ2) is 4.11. The molecule has 0 saturated carbocycles. The van der Waals surface area contributed by atoms with E-state index in [9.17, 15) is 14.4 Å².